The van der Waals surface area contributed by atoms with E-state index in [1.54, 1.807) is 20.8 Å². The molecular weight excluding hydrogens is 402 g/mol. The third-order valence-corrected chi connectivity index (χ3v) is 5.38. The summed E-state index contributed by atoms with van der Waals surface area (Å²) < 4.78 is 32.5. The van der Waals surface area contributed by atoms with Gasteiger partial charge in [0.05, 0.1) is 11.0 Å². The molecule has 0 aromatic heterocycles. The minimum absolute atomic E-state index is 0.364. The normalized spacial score (nSPS) is 14.1. The van der Waals surface area contributed by atoms with Gasteiger partial charge in [0.1, 0.15) is 11.9 Å². The van der Waals surface area contributed by atoms with Gasteiger partial charge in [0.25, 0.3) is 15.7 Å². The van der Waals surface area contributed by atoms with Gasteiger partial charge in [-0.25, -0.2) is 13.2 Å². The minimum Gasteiger partial charge on any atom is -0.458 e. The molecule has 1 aromatic rings. The smallest absolute Gasteiger partial charge is 0.339 e. The summed E-state index contributed by atoms with van der Waals surface area (Å²) in [5.74, 6) is -0.963. The van der Waals surface area contributed by atoms with E-state index in [2.05, 4.69) is 11.9 Å². The molecule has 1 rings (SSSR count). The Morgan fingerprint density at radius 2 is 1.97 bits per heavy atom. The highest BCUT2D eigenvalue weighted by molar-refractivity contribution is 7.89. The average Bonchev–Trinajstić information content (AvgIpc) is 2.62. The predicted molar refractivity (Wildman–Crippen MR) is 105 cm³/mol. The van der Waals surface area contributed by atoms with Gasteiger partial charge in [0, 0.05) is 12.6 Å². The van der Waals surface area contributed by atoms with Crippen molar-refractivity contribution < 1.29 is 27.7 Å². The summed E-state index contributed by atoms with van der Waals surface area (Å²) in [6.07, 6.45) is 0.0927. The number of para-hydroxylation sites is 1. The maximum absolute atomic E-state index is 13.3. The first-order valence-corrected chi connectivity index (χ1v) is 10.1. The summed E-state index contributed by atoms with van der Waals surface area (Å²) in [4.78, 5) is 33.7. The lowest BCUT2D eigenvalue weighted by Gasteiger charge is -2.32. The van der Waals surface area contributed by atoms with E-state index in [4.69, 9.17) is 4.74 Å². The molecule has 0 radical (unpaired) electrons. The fraction of sp³-hybridized carbons (Fsp3) is 0.444. The Balaban J connectivity index is 3.57. The van der Waals surface area contributed by atoms with Crippen LogP contribution in [0.2, 0.25) is 0 Å². The molecule has 2 atom stereocenters. The van der Waals surface area contributed by atoms with E-state index in [0.717, 1.165) is 12.1 Å². The number of nitro groups is 1. The molecule has 0 aliphatic rings. The molecule has 0 amide bonds. The van der Waals surface area contributed by atoms with Crippen LogP contribution in [0.5, 0.6) is 0 Å². The quantitative estimate of drug-likeness (QED) is 0.149. The van der Waals surface area contributed by atoms with Crippen LogP contribution >= 0.6 is 0 Å². The van der Waals surface area contributed by atoms with Gasteiger partial charge in [-0.2, -0.15) is 4.31 Å². The number of carbonyl (C=O) groups is 2. The van der Waals surface area contributed by atoms with Gasteiger partial charge >= 0.3 is 5.97 Å². The second kappa shape index (κ2) is 9.72. The number of nitro benzene ring substituents is 1. The zero-order chi connectivity index (χ0) is 22.4. The third-order valence-electron chi connectivity index (χ3n) is 3.50. The molecule has 11 heteroatoms. The van der Waals surface area contributed by atoms with E-state index in [9.17, 15) is 28.1 Å². The Hall–Kier alpha value is -2.63. The molecule has 0 saturated heterocycles. The molecule has 0 saturated carbocycles. The van der Waals surface area contributed by atoms with Crippen LogP contribution in [-0.4, -0.2) is 54.3 Å². The van der Waals surface area contributed by atoms with Crippen molar-refractivity contribution in [1.29, 1.82) is 0 Å². The molecule has 0 aliphatic heterocycles. The predicted octanol–water partition coefficient (Wildman–Crippen LogP) is 1.62. The van der Waals surface area contributed by atoms with Crippen LogP contribution < -0.4 is 5.32 Å². The first kappa shape index (κ1) is 24.4. The van der Waals surface area contributed by atoms with E-state index in [1.165, 1.54) is 25.1 Å². The third kappa shape index (κ3) is 6.44. The summed E-state index contributed by atoms with van der Waals surface area (Å²) in [5, 5.41) is 13.9. The van der Waals surface area contributed by atoms with Crippen molar-refractivity contribution >= 4 is 28.0 Å². The van der Waals surface area contributed by atoms with Crippen LogP contribution in [0, 0.1) is 10.1 Å². The zero-order valence-electron chi connectivity index (χ0n) is 16.7. The van der Waals surface area contributed by atoms with Crippen molar-refractivity contribution in [3.05, 3.63) is 47.0 Å². The summed E-state index contributed by atoms with van der Waals surface area (Å²) in [6.45, 7) is 9.34. The SMILES string of the molecule is C=CCN([C@H](N[C@@H](C)C=O)C(=O)OC(C)(C)C)S(=O)(=O)c1ccccc1[N+](=O)[O-]. The van der Waals surface area contributed by atoms with Crippen molar-refractivity contribution in [2.75, 3.05) is 6.54 Å². The first-order valence-electron chi connectivity index (χ1n) is 8.65. The molecule has 160 valence electrons. The Bertz CT molecular complexity index is 878. The maximum Gasteiger partial charge on any atom is 0.339 e. The van der Waals surface area contributed by atoms with Crippen LogP contribution in [0.25, 0.3) is 0 Å². The monoisotopic (exact) mass is 427 g/mol. The highest BCUT2D eigenvalue weighted by Crippen LogP contribution is 2.28. The van der Waals surface area contributed by atoms with Gasteiger partial charge < -0.3 is 9.53 Å². The van der Waals surface area contributed by atoms with Gasteiger partial charge in [-0.1, -0.05) is 18.2 Å². The van der Waals surface area contributed by atoms with Gasteiger partial charge in [0.2, 0.25) is 0 Å². The molecular formula is C18H25N3O7S. The molecule has 10 nitrogen and oxygen atoms in total. The molecule has 0 bridgehead atoms. The maximum atomic E-state index is 13.3. The highest BCUT2D eigenvalue weighted by Gasteiger charge is 2.40. The van der Waals surface area contributed by atoms with Crippen LogP contribution in [0.3, 0.4) is 0 Å². The molecule has 0 aliphatic carbocycles. The van der Waals surface area contributed by atoms with Gasteiger partial charge in [0.15, 0.2) is 11.1 Å². The average molecular weight is 427 g/mol. The number of nitrogens with zero attached hydrogens (tertiary/aromatic N) is 2. The number of esters is 1. The summed E-state index contributed by atoms with van der Waals surface area (Å²) >= 11 is 0. The van der Waals surface area contributed by atoms with E-state index >= 15 is 0 Å². The van der Waals surface area contributed by atoms with E-state index in [-0.39, 0.29) is 6.54 Å². The number of benzene rings is 1. The van der Waals surface area contributed by atoms with Crippen LogP contribution in [0.4, 0.5) is 5.69 Å². The van der Waals surface area contributed by atoms with Crippen molar-refractivity contribution in [3.63, 3.8) is 0 Å². The molecule has 0 unspecified atom stereocenters. The number of hydrogen-bond acceptors (Lipinski definition) is 8. The van der Waals surface area contributed by atoms with E-state index in [0.29, 0.717) is 10.6 Å². The molecule has 0 heterocycles. The van der Waals surface area contributed by atoms with E-state index in [1.807, 2.05) is 0 Å². The highest BCUT2D eigenvalue weighted by atomic mass is 32.2. The number of carbonyl (C=O) groups excluding carboxylic acids is 2. The number of nitrogens with one attached hydrogen (secondary N) is 1. The minimum atomic E-state index is -4.55. The van der Waals surface area contributed by atoms with Crippen molar-refractivity contribution in [2.24, 2.45) is 0 Å². The lowest BCUT2D eigenvalue weighted by Crippen LogP contribution is -2.57. The number of sulfonamides is 1. The van der Waals surface area contributed by atoms with E-state index < -0.39 is 49.3 Å². The van der Waals surface area contributed by atoms with Crippen LogP contribution in [0.1, 0.15) is 27.7 Å². The largest absolute Gasteiger partial charge is 0.458 e. The van der Waals surface area contributed by atoms with Crippen molar-refractivity contribution in [2.45, 2.75) is 50.4 Å². The number of hydrogen-bond donors (Lipinski definition) is 1. The summed E-state index contributed by atoms with van der Waals surface area (Å²) in [5.41, 5.74) is -1.59. The van der Waals surface area contributed by atoms with Crippen LogP contribution in [0.15, 0.2) is 41.8 Å². The molecule has 29 heavy (non-hydrogen) atoms. The summed E-state index contributed by atoms with van der Waals surface area (Å²) in [7, 11) is -4.55. The molecule has 1 N–H and O–H groups in total. The first-order chi connectivity index (χ1) is 13.3. The second-order valence-electron chi connectivity index (χ2n) is 7.12. The van der Waals surface area contributed by atoms with Gasteiger partial charge in [-0.15, -0.1) is 6.58 Å². The lowest BCUT2D eigenvalue weighted by molar-refractivity contribution is -0.387. The second-order valence-corrected chi connectivity index (χ2v) is 8.97. The van der Waals surface area contributed by atoms with Crippen LogP contribution in [-0.2, 0) is 24.3 Å². The molecule has 0 spiro atoms. The Labute approximate surface area is 169 Å². The fourth-order valence-corrected chi connectivity index (χ4v) is 3.97. The number of ether oxygens (including phenoxy) is 1. The standard InChI is InChI=1S/C18H25N3O7S/c1-6-11-20(16(19-13(2)12-22)17(23)28-18(3,4)5)29(26,27)15-10-8-7-9-14(15)21(24)25/h6-10,12-13,16,19H,1,11H2,2-5H3/t13-,16-/m0/s1. The van der Waals surface area contributed by atoms with Gasteiger partial charge in [-0.3, -0.25) is 15.4 Å². The van der Waals surface area contributed by atoms with Gasteiger partial charge in [-0.05, 0) is 33.8 Å². The fourth-order valence-electron chi connectivity index (χ4n) is 2.34. The Kier molecular flexibility index (Phi) is 8.18. The summed E-state index contributed by atoms with van der Waals surface area (Å²) in [6, 6.07) is 3.87. The molecule has 1 aromatic carbocycles. The lowest BCUT2D eigenvalue weighted by atomic mass is 10.2. The van der Waals surface area contributed by atoms with Crippen molar-refractivity contribution in [3.8, 4) is 0 Å². The zero-order valence-corrected chi connectivity index (χ0v) is 17.5. The Morgan fingerprint density at radius 1 is 1.38 bits per heavy atom. The number of rotatable bonds is 10. The Morgan fingerprint density at radius 3 is 2.45 bits per heavy atom. The topological polar surface area (TPSA) is 136 Å². The van der Waals surface area contributed by atoms with Crippen molar-refractivity contribution in [1.82, 2.24) is 9.62 Å². The molecule has 0 fully saturated rings. The number of aldehydes is 1.